The molecule has 28 heavy (non-hydrogen) atoms. The first-order valence-corrected chi connectivity index (χ1v) is 10.0. The molecule has 0 radical (unpaired) electrons. The maximum Gasteiger partial charge on any atom is 0.240 e. The predicted octanol–water partition coefficient (Wildman–Crippen LogP) is 2.06. The van der Waals surface area contributed by atoms with Gasteiger partial charge in [0.15, 0.2) is 0 Å². The van der Waals surface area contributed by atoms with Crippen LogP contribution in [0.15, 0.2) is 18.2 Å². The molecule has 0 spiro atoms. The highest BCUT2D eigenvalue weighted by atomic mass is 19.1. The summed E-state index contributed by atoms with van der Waals surface area (Å²) in [6.45, 7) is 3.58. The number of nitrogens with zero attached hydrogens (tertiary/aromatic N) is 2. The van der Waals surface area contributed by atoms with E-state index in [4.69, 9.17) is 5.26 Å². The molecule has 2 aliphatic heterocycles. The number of piperidine rings is 1. The van der Waals surface area contributed by atoms with Crippen LogP contribution in [-0.2, 0) is 17.8 Å². The molecule has 1 saturated heterocycles. The summed E-state index contributed by atoms with van der Waals surface area (Å²) in [5.74, 6) is -0.648. The molecule has 2 fully saturated rings. The monoisotopic (exact) mass is 388 g/mol. The van der Waals surface area contributed by atoms with Gasteiger partial charge in [-0.2, -0.15) is 5.26 Å². The van der Waals surface area contributed by atoms with Crippen molar-refractivity contribution in [2.75, 3.05) is 13.1 Å². The molecule has 2 N–H and O–H groups in total. The van der Waals surface area contributed by atoms with Crippen molar-refractivity contribution in [3.63, 3.8) is 0 Å². The van der Waals surface area contributed by atoms with Crippen LogP contribution in [0.4, 0.5) is 8.78 Å². The lowest BCUT2D eigenvalue weighted by atomic mass is 9.90. The van der Waals surface area contributed by atoms with E-state index in [0.29, 0.717) is 13.1 Å². The van der Waals surface area contributed by atoms with Crippen molar-refractivity contribution < 1.29 is 13.6 Å². The predicted molar refractivity (Wildman–Crippen MR) is 100 cm³/mol. The zero-order valence-electron chi connectivity index (χ0n) is 16.0. The zero-order chi connectivity index (χ0) is 19.9. The minimum Gasteiger partial charge on any atom is -0.350 e. The number of hydrogen-bond donors (Lipinski definition) is 2. The van der Waals surface area contributed by atoms with E-state index in [1.165, 1.54) is 6.07 Å². The largest absolute Gasteiger partial charge is 0.350 e. The van der Waals surface area contributed by atoms with Gasteiger partial charge in [-0.05, 0) is 55.9 Å². The fourth-order valence-electron chi connectivity index (χ4n) is 4.62. The van der Waals surface area contributed by atoms with E-state index in [2.05, 4.69) is 21.6 Å². The second kappa shape index (κ2) is 7.41. The number of alkyl halides is 1. The van der Waals surface area contributed by atoms with Crippen molar-refractivity contribution in [3.05, 3.63) is 35.1 Å². The number of carbonyl (C=O) groups is 1. The molecule has 0 bridgehead atoms. The second-order valence-electron chi connectivity index (χ2n) is 8.39. The highest BCUT2D eigenvalue weighted by molar-refractivity contribution is 5.89. The Labute approximate surface area is 164 Å². The molecule has 0 aromatic heterocycles. The summed E-state index contributed by atoms with van der Waals surface area (Å²) in [4.78, 5) is 15.2. The summed E-state index contributed by atoms with van der Waals surface area (Å²) >= 11 is 0. The second-order valence-corrected chi connectivity index (χ2v) is 8.39. The van der Waals surface area contributed by atoms with Gasteiger partial charge in [0, 0.05) is 25.7 Å². The number of fused-ring (bicyclic) bond motifs is 1. The van der Waals surface area contributed by atoms with Gasteiger partial charge in [0.1, 0.15) is 17.5 Å². The molecule has 1 saturated carbocycles. The quantitative estimate of drug-likeness (QED) is 0.829. The topological polar surface area (TPSA) is 68.2 Å². The van der Waals surface area contributed by atoms with Gasteiger partial charge >= 0.3 is 0 Å². The average molecular weight is 388 g/mol. The minimum atomic E-state index is -1.16. The number of rotatable bonds is 4. The molecule has 4 rings (SSSR count). The molecule has 2 heterocycles. The molecule has 150 valence electrons. The molecule has 3 aliphatic rings. The van der Waals surface area contributed by atoms with Crippen LogP contribution >= 0.6 is 0 Å². The molecule has 1 amide bonds. The Balaban J connectivity index is 1.40. The Morgan fingerprint density at radius 3 is 2.89 bits per heavy atom. The standard InChI is InChI=1S/C21H26F2N4O/c1-13(19-18(23)8-14(10-24)11-25-19)26-20(28)21(5-6-21)27-7-4-15-2-3-17(22)9-16(15)12-27/h2-3,9,13-14,18-19,25H,4-8,11-12H2,1H3,(H,26,28)/t13-,14?,18?,19?/m0/s1. The summed E-state index contributed by atoms with van der Waals surface area (Å²) in [7, 11) is 0. The fraction of sp³-hybridized carbons (Fsp3) is 0.619. The lowest BCUT2D eigenvalue weighted by Gasteiger charge is -2.38. The van der Waals surface area contributed by atoms with Gasteiger partial charge in [-0.3, -0.25) is 9.69 Å². The maximum absolute atomic E-state index is 14.4. The number of nitriles is 1. The van der Waals surface area contributed by atoms with Crippen LogP contribution in [0.3, 0.4) is 0 Å². The van der Waals surface area contributed by atoms with Gasteiger partial charge in [0.25, 0.3) is 0 Å². The Bertz CT molecular complexity index is 804. The van der Waals surface area contributed by atoms with Crippen molar-refractivity contribution in [1.29, 1.82) is 5.26 Å². The van der Waals surface area contributed by atoms with Crippen LogP contribution in [0.2, 0.25) is 0 Å². The SMILES string of the molecule is C[C@H](NC(=O)C1(N2CCc3ccc(F)cc3C2)CC1)C1NCC(C#N)CC1F. The Morgan fingerprint density at radius 1 is 1.43 bits per heavy atom. The van der Waals surface area contributed by atoms with Gasteiger partial charge in [-0.1, -0.05) is 6.07 Å². The maximum atomic E-state index is 14.4. The van der Waals surface area contributed by atoms with E-state index in [1.807, 2.05) is 13.0 Å². The number of nitrogens with one attached hydrogen (secondary N) is 2. The molecule has 1 aromatic rings. The minimum absolute atomic E-state index is 0.0729. The smallest absolute Gasteiger partial charge is 0.240 e. The molecule has 1 aromatic carbocycles. The third-order valence-electron chi connectivity index (χ3n) is 6.51. The van der Waals surface area contributed by atoms with Crippen LogP contribution in [0, 0.1) is 23.1 Å². The third-order valence-corrected chi connectivity index (χ3v) is 6.51. The average Bonchev–Trinajstić information content (AvgIpc) is 3.49. The van der Waals surface area contributed by atoms with Crippen LogP contribution in [0.5, 0.6) is 0 Å². The van der Waals surface area contributed by atoms with E-state index < -0.39 is 17.8 Å². The molecule has 5 nitrogen and oxygen atoms in total. The van der Waals surface area contributed by atoms with E-state index in [0.717, 1.165) is 36.9 Å². The van der Waals surface area contributed by atoms with Gasteiger partial charge in [0.2, 0.25) is 5.91 Å². The first kappa shape index (κ1) is 19.3. The number of benzene rings is 1. The first-order valence-electron chi connectivity index (χ1n) is 10.0. The van der Waals surface area contributed by atoms with Gasteiger partial charge < -0.3 is 10.6 Å². The van der Waals surface area contributed by atoms with Crippen molar-refractivity contribution >= 4 is 5.91 Å². The summed E-state index contributed by atoms with van der Waals surface area (Å²) in [5, 5.41) is 15.1. The molecular weight excluding hydrogens is 362 g/mol. The number of hydrogen-bond acceptors (Lipinski definition) is 4. The van der Waals surface area contributed by atoms with E-state index in [1.54, 1.807) is 6.07 Å². The van der Waals surface area contributed by atoms with E-state index >= 15 is 0 Å². The van der Waals surface area contributed by atoms with Gasteiger partial charge in [0.05, 0.1) is 18.0 Å². The van der Waals surface area contributed by atoms with Crippen molar-refractivity contribution in [3.8, 4) is 6.07 Å². The van der Waals surface area contributed by atoms with Gasteiger partial charge in [-0.25, -0.2) is 8.78 Å². The lowest BCUT2D eigenvalue weighted by Crippen LogP contribution is -2.60. The Hall–Kier alpha value is -2.04. The highest BCUT2D eigenvalue weighted by Gasteiger charge is 2.55. The molecule has 4 atom stereocenters. The lowest BCUT2D eigenvalue weighted by molar-refractivity contribution is -0.129. The number of amides is 1. The Kier molecular flexibility index (Phi) is 5.11. The normalized spacial score (nSPS) is 30.0. The summed E-state index contributed by atoms with van der Waals surface area (Å²) in [6, 6.07) is 6.12. The van der Waals surface area contributed by atoms with E-state index in [-0.39, 0.29) is 30.1 Å². The zero-order valence-corrected chi connectivity index (χ0v) is 16.0. The summed E-state index contributed by atoms with van der Waals surface area (Å²) in [5.41, 5.74) is 1.52. The van der Waals surface area contributed by atoms with Crippen molar-refractivity contribution in [1.82, 2.24) is 15.5 Å². The van der Waals surface area contributed by atoms with Crippen LogP contribution in [0.25, 0.3) is 0 Å². The van der Waals surface area contributed by atoms with Crippen LogP contribution in [0.1, 0.15) is 37.3 Å². The number of halogens is 2. The third kappa shape index (κ3) is 3.51. The first-order chi connectivity index (χ1) is 13.4. The van der Waals surface area contributed by atoms with Gasteiger partial charge in [-0.15, -0.1) is 0 Å². The summed E-state index contributed by atoms with van der Waals surface area (Å²) in [6.07, 6.45) is 1.38. The Morgan fingerprint density at radius 2 is 2.21 bits per heavy atom. The molecule has 3 unspecified atom stereocenters. The molecular formula is C21H26F2N4O. The van der Waals surface area contributed by atoms with Crippen molar-refractivity contribution in [2.45, 2.75) is 62.9 Å². The van der Waals surface area contributed by atoms with E-state index in [9.17, 15) is 13.6 Å². The van der Waals surface area contributed by atoms with Crippen LogP contribution in [-0.4, -0.2) is 47.7 Å². The molecule has 1 aliphatic carbocycles. The summed E-state index contributed by atoms with van der Waals surface area (Å²) < 4.78 is 28.0. The van der Waals surface area contributed by atoms with Crippen molar-refractivity contribution in [2.24, 2.45) is 5.92 Å². The van der Waals surface area contributed by atoms with Crippen LogP contribution < -0.4 is 10.6 Å². The fourth-order valence-corrected chi connectivity index (χ4v) is 4.62. The molecule has 7 heteroatoms. The highest BCUT2D eigenvalue weighted by Crippen LogP contribution is 2.44. The number of carbonyl (C=O) groups excluding carboxylic acids is 1.